The van der Waals surface area contributed by atoms with Gasteiger partial charge in [-0.05, 0) is 30.4 Å². The Kier molecular flexibility index (Phi) is 3.56. The summed E-state index contributed by atoms with van der Waals surface area (Å²) in [6, 6.07) is 8.69. The number of hydrogen-bond acceptors (Lipinski definition) is 1. The highest BCUT2D eigenvalue weighted by Crippen LogP contribution is 2.08. The minimum Gasteiger partial charge on any atom is -0.403 e. The Bertz CT molecular complexity index is 272. The van der Waals surface area contributed by atoms with Crippen LogP contribution in [0, 0.1) is 0 Å². The zero-order valence-corrected chi connectivity index (χ0v) is 8.22. The molecule has 0 radical (unpaired) electrons. The normalized spacial score (nSPS) is 9.92. The van der Waals surface area contributed by atoms with Gasteiger partial charge in [0.1, 0.15) is 0 Å². The van der Waals surface area contributed by atoms with Gasteiger partial charge in [0.15, 0.2) is 0 Å². The molecule has 0 fully saturated rings. The third-order valence-corrected chi connectivity index (χ3v) is 2.17. The van der Waals surface area contributed by atoms with Crippen LogP contribution >= 0.6 is 0 Å². The minimum absolute atomic E-state index is 0.763. The van der Waals surface area contributed by atoms with Crippen molar-refractivity contribution in [2.45, 2.75) is 26.2 Å². The summed E-state index contributed by atoms with van der Waals surface area (Å²) in [5, 5.41) is 0. The van der Waals surface area contributed by atoms with E-state index in [4.69, 9.17) is 5.73 Å². The van der Waals surface area contributed by atoms with Crippen molar-refractivity contribution in [1.82, 2.24) is 0 Å². The largest absolute Gasteiger partial charge is 0.403 e. The number of nitrogens with two attached hydrogens (primary N) is 1. The van der Waals surface area contributed by atoms with Crippen LogP contribution in [0.4, 0.5) is 0 Å². The van der Waals surface area contributed by atoms with E-state index in [1.165, 1.54) is 11.1 Å². The summed E-state index contributed by atoms with van der Waals surface area (Å²) in [5.74, 6) is 0. The van der Waals surface area contributed by atoms with Crippen molar-refractivity contribution in [2.75, 3.05) is 0 Å². The molecule has 1 heteroatoms. The SMILES string of the molecule is C=C(N)CCc1ccc(CC)cc1. The van der Waals surface area contributed by atoms with Gasteiger partial charge < -0.3 is 5.73 Å². The second-order valence-electron chi connectivity index (χ2n) is 3.33. The Hall–Kier alpha value is -1.24. The van der Waals surface area contributed by atoms with Gasteiger partial charge in [0, 0.05) is 5.70 Å². The lowest BCUT2D eigenvalue weighted by Gasteiger charge is -2.02. The lowest BCUT2D eigenvalue weighted by atomic mass is 10.1. The van der Waals surface area contributed by atoms with Crippen LogP contribution in [0.1, 0.15) is 24.5 Å². The fraction of sp³-hybridized carbons (Fsp3) is 0.333. The molecule has 0 atom stereocenters. The number of aryl methyl sites for hydroxylation is 2. The molecule has 2 N–H and O–H groups in total. The maximum atomic E-state index is 5.50. The lowest BCUT2D eigenvalue weighted by molar-refractivity contribution is 0.929. The van der Waals surface area contributed by atoms with E-state index in [2.05, 4.69) is 37.8 Å². The Morgan fingerprint density at radius 1 is 1.23 bits per heavy atom. The molecule has 0 saturated heterocycles. The zero-order valence-electron chi connectivity index (χ0n) is 8.22. The van der Waals surface area contributed by atoms with E-state index in [0.717, 1.165) is 25.0 Å². The van der Waals surface area contributed by atoms with E-state index < -0.39 is 0 Å². The van der Waals surface area contributed by atoms with Crippen LogP contribution in [0.15, 0.2) is 36.5 Å². The maximum absolute atomic E-state index is 5.50. The van der Waals surface area contributed by atoms with Crippen LogP contribution in [0.5, 0.6) is 0 Å². The molecule has 1 aromatic rings. The van der Waals surface area contributed by atoms with Gasteiger partial charge in [0.05, 0.1) is 0 Å². The third kappa shape index (κ3) is 3.32. The molecule has 0 saturated carbocycles. The number of allylic oxidation sites excluding steroid dienone is 1. The molecule has 1 rings (SSSR count). The van der Waals surface area contributed by atoms with Crippen molar-refractivity contribution in [2.24, 2.45) is 5.73 Å². The Balaban J connectivity index is 2.54. The van der Waals surface area contributed by atoms with Gasteiger partial charge in [-0.2, -0.15) is 0 Å². The number of benzene rings is 1. The van der Waals surface area contributed by atoms with Crippen LogP contribution in [0.25, 0.3) is 0 Å². The summed E-state index contributed by atoms with van der Waals surface area (Å²) >= 11 is 0. The molecule has 1 nitrogen and oxygen atoms in total. The number of rotatable bonds is 4. The monoisotopic (exact) mass is 175 g/mol. The minimum atomic E-state index is 0.763. The van der Waals surface area contributed by atoms with Gasteiger partial charge in [-0.1, -0.05) is 37.8 Å². The van der Waals surface area contributed by atoms with Crippen molar-refractivity contribution < 1.29 is 0 Å². The fourth-order valence-corrected chi connectivity index (χ4v) is 1.25. The summed E-state index contributed by atoms with van der Waals surface area (Å²) in [7, 11) is 0. The molecule has 0 amide bonds. The molecular formula is C12H17N. The fourth-order valence-electron chi connectivity index (χ4n) is 1.25. The predicted molar refractivity (Wildman–Crippen MR) is 57.5 cm³/mol. The molecule has 70 valence electrons. The van der Waals surface area contributed by atoms with Crippen molar-refractivity contribution in [3.05, 3.63) is 47.7 Å². The van der Waals surface area contributed by atoms with E-state index in [-0.39, 0.29) is 0 Å². The smallest absolute Gasteiger partial charge is 0.00108 e. The quantitative estimate of drug-likeness (QED) is 0.748. The molecule has 0 aliphatic carbocycles. The predicted octanol–water partition coefficient (Wildman–Crippen LogP) is 2.65. The highest BCUT2D eigenvalue weighted by molar-refractivity contribution is 5.22. The Morgan fingerprint density at radius 3 is 2.23 bits per heavy atom. The van der Waals surface area contributed by atoms with Gasteiger partial charge in [-0.25, -0.2) is 0 Å². The maximum Gasteiger partial charge on any atom is 0.00108 e. The first-order valence-electron chi connectivity index (χ1n) is 4.73. The van der Waals surface area contributed by atoms with Crippen LogP contribution in [0.3, 0.4) is 0 Å². The molecule has 0 unspecified atom stereocenters. The average Bonchev–Trinajstić information content (AvgIpc) is 2.15. The van der Waals surface area contributed by atoms with Gasteiger partial charge in [0.25, 0.3) is 0 Å². The van der Waals surface area contributed by atoms with Gasteiger partial charge in [-0.15, -0.1) is 0 Å². The van der Waals surface area contributed by atoms with Crippen LogP contribution < -0.4 is 5.73 Å². The van der Waals surface area contributed by atoms with E-state index in [1.54, 1.807) is 0 Å². The Morgan fingerprint density at radius 2 is 1.77 bits per heavy atom. The van der Waals surface area contributed by atoms with Crippen molar-refractivity contribution in [1.29, 1.82) is 0 Å². The standard InChI is InChI=1S/C12H17N/c1-3-11-6-8-12(9-7-11)5-4-10(2)13/h6-9H,2-5,13H2,1H3. The molecule has 0 aliphatic heterocycles. The highest BCUT2D eigenvalue weighted by Gasteiger charge is 1.93. The summed E-state index contributed by atoms with van der Waals surface area (Å²) in [5.41, 5.74) is 8.99. The van der Waals surface area contributed by atoms with Gasteiger partial charge >= 0.3 is 0 Å². The van der Waals surface area contributed by atoms with Crippen LogP contribution in [0.2, 0.25) is 0 Å². The van der Waals surface area contributed by atoms with Crippen molar-refractivity contribution in [3.63, 3.8) is 0 Å². The molecule has 0 heterocycles. The topological polar surface area (TPSA) is 26.0 Å². The summed E-state index contributed by atoms with van der Waals surface area (Å²) in [4.78, 5) is 0. The first-order chi connectivity index (χ1) is 6.22. The highest BCUT2D eigenvalue weighted by atomic mass is 14.5. The molecule has 0 aromatic heterocycles. The second kappa shape index (κ2) is 4.70. The zero-order chi connectivity index (χ0) is 9.68. The second-order valence-corrected chi connectivity index (χ2v) is 3.33. The third-order valence-electron chi connectivity index (χ3n) is 2.17. The first kappa shape index (κ1) is 9.85. The summed E-state index contributed by atoms with van der Waals surface area (Å²) < 4.78 is 0. The molecule has 13 heavy (non-hydrogen) atoms. The molecular weight excluding hydrogens is 158 g/mol. The van der Waals surface area contributed by atoms with Crippen molar-refractivity contribution in [3.8, 4) is 0 Å². The van der Waals surface area contributed by atoms with Gasteiger partial charge in [-0.3, -0.25) is 0 Å². The van der Waals surface area contributed by atoms with Gasteiger partial charge in [0.2, 0.25) is 0 Å². The lowest BCUT2D eigenvalue weighted by Crippen LogP contribution is -1.96. The van der Waals surface area contributed by atoms with Crippen LogP contribution in [-0.4, -0.2) is 0 Å². The summed E-state index contributed by atoms with van der Waals surface area (Å²) in [6.07, 6.45) is 2.98. The average molecular weight is 175 g/mol. The molecule has 0 aliphatic rings. The van der Waals surface area contributed by atoms with E-state index >= 15 is 0 Å². The summed E-state index contributed by atoms with van der Waals surface area (Å²) in [6.45, 7) is 5.85. The van der Waals surface area contributed by atoms with E-state index in [9.17, 15) is 0 Å². The Labute approximate surface area is 80.3 Å². The van der Waals surface area contributed by atoms with E-state index in [0.29, 0.717) is 0 Å². The molecule has 0 spiro atoms. The first-order valence-corrected chi connectivity index (χ1v) is 4.73. The molecule has 1 aromatic carbocycles. The molecule has 0 bridgehead atoms. The van der Waals surface area contributed by atoms with Crippen molar-refractivity contribution >= 4 is 0 Å². The van der Waals surface area contributed by atoms with Crippen LogP contribution in [-0.2, 0) is 12.8 Å². The number of hydrogen-bond donors (Lipinski definition) is 1. The van der Waals surface area contributed by atoms with E-state index in [1.807, 2.05) is 0 Å².